The molecule has 1 aliphatic rings. The van der Waals surface area contributed by atoms with E-state index in [9.17, 15) is 13.2 Å². The number of hydrogen-bond acceptors (Lipinski definition) is 6. The molecule has 2 rings (SSSR count). The standard InChI is InChI=1S/C14H21N3O4S2/c1-12(22-13-4-2-3-5-15-13)14(18)16-6-11-23(19,20)17-7-9-21-10-8-17/h2-5,12H,6-11H2,1H3,(H,16,18)/t12-/m0/s1. The fraction of sp³-hybridized carbons (Fsp3) is 0.571. The molecule has 0 bridgehead atoms. The molecule has 0 saturated carbocycles. The lowest BCUT2D eigenvalue weighted by atomic mass is 10.4. The van der Waals surface area contributed by atoms with E-state index in [1.54, 1.807) is 13.1 Å². The Morgan fingerprint density at radius 3 is 2.83 bits per heavy atom. The molecule has 1 aliphatic heterocycles. The number of ether oxygens (including phenoxy) is 1. The minimum atomic E-state index is -3.34. The molecule has 9 heteroatoms. The predicted molar refractivity (Wildman–Crippen MR) is 88.7 cm³/mol. The summed E-state index contributed by atoms with van der Waals surface area (Å²) in [6.07, 6.45) is 1.67. The van der Waals surface area contributed by atoms with Crippen LogP contribution in [-0.4, -0.2) is 67.5 Å². The molecule has 128 valence electrons. The van der Waals surface area contributed by atoms with Gasteiger partial charge in [0.15, 0.2) is 0 Å². The van der Waals surface area contributed by atoms with E-state index in [1.165, 1.54) is 16.1 Å². The van der Waals surface area contributed by atoms with Gasteiger partial charge in [-0.2, -0.15) is 4.31 Å². The number of nitrogens with one attached hydrogen (secondary N) is 1. The lowest BCUT2D eigenvalue weighted by Crippen LogP contribution is -2.44. The second kappa shape index (κ2) is 8.62. The monoisotopic (exact) mass is 359 g/mol. The average Bonchev–Trinajstić information content (AvgIpc) is 2.56. The second-order valence-corrected chi connectivity index (χ2v) is 8.50. The van der Waals surface area contributed by atoms with Crippen molar-refractivity contribution in [3.05, 3.63) is 24.4 Å². The zero-order chi connectivity index (χ0) is 16.7. The van der Waals surface area contributed by atoms with Gasteiger partial charge in [-0.15, -0.1) is 0 Å². The number of hydrogen-bond donors (Lipinski definition) is 1. The van der Waals surface area contributed by atoms with Crippen LogP contribution in [0.15, 0.2) is 29.4 Å². The molecule has 0 spiro atoms. The Hall–Kier alpha value is -1.16. The van der Waals surface area contributed by atoms with E-state index in [2.05, 4.69) is 10.3 Å². The molecule has 1 amide bonds. The van der Waals surface area contributed by atoms with Crippen LogP contribution in [0.4, 0.5) is 0 Å². The van der Waals surface area contributed by atoms with E-state index >= 15 is 0 Å². The van der Waals surface area contributed by atoms with Gasteiger partial charge in [0.1, 0.15) is 0 Å². The zero-order valence-corrected chi connectivity index (χ0v) is 14.6. The molecule has 7 nitrogen and oxygen atoms in total. The highest BCUT2D eigenvalue weighted by Gasteiger charge is 2.24. The first-order valence-electron chi connectivity index (χ1n) is 7.40. The van der Waals surface area contributed by atoms with E-state index in [0.29, 0.717) is 26.3 Å². The third-order valence-corrected chi connectivity index (χ3v) is 6.25. The Labute approximate surface area is 140 Å². The van der Waals surface area contributed by atoms with Crippen LogP contribution >= 0.6 is 11.8 Å². The summed E-state index contributed by atoms with van der Waals surface area (Å²) < 4.78 is 30.8. The van der Waals surface area contributed by atoms with Crippen molar-refractivity contribution in [3.63, 3.8) is 0 Å². The van der Waals surface area contributed by atoms with Crippen molar-refractivity contribution in [2.45, 2.75) is 17.2 Å². The van der Waals surface area contributed by atoms with Crippen LogP contribution in [0.3, 0.4) is 0 Å². The number of sulfonamides is 1. The Morgan fingerprint density at radius 1 is 1.43 bits per heavy atom. The number of aromatic nitrogens is 1. The lowest BCUT2D eigenvalue weighted by Gasteiger charge is -2.26. The highest BCUT2D eigenvalue weighted by atomic mass is 32.2. The topological polar surface area (TPSA) is 88.6 Å². The first-order chi connectivity index (χ1) is 11.0. The molecule has 23 heavy (non-hydrogen) atoms. The van der Waals surface area contributed by atoms with Gasteiger partial charge in [0.2, 0.25) is 15.9 Å². The molecule has 2 heterocycles. The van der Waals surface area contributed by atoms with Crippen LogP contribution in [0.2, 0.25) is 0 Å². The van der Waals surface area contributed by atoms with Gasteiger partial charge >= 0.3 is 0 Å². The Morgan fingerprint density at radius 2 is 2.17 bits per heavy atom. The number of amides is 1. The highest BCUT2D eigenvalue weighted by molar-refractivity contribution is 8.00. The van der Waals surface area contributed by atoms with Gasteiger partial charge in [0.05, 0.1) is 29.2 Å². The van der Waals surface area contributed by atoms with Crippen molar-refractivity contribution >= 4 is 27.7 Å². The summed E-state index contributed by atoms with van der Waals surface area (Å²) in [5.74, 6) is -0.294. The van der Waals surface area contributed by atoms with Crippen molar-refractivity contribution in [1.29, 1.82) is 0 Å². The van der Waals surface area contributed by atoms with Gasteiger partial charge in [-0.05, 0) is 19.1 Å². The van der Waals surface area contributed by atoms with Gasteiger partial charge in [0.25, 0.3) is 0 Å². The summed E-state index contributed by atoms with van der Waals surface area (Å²) in [6, 6.07) is 5.50. The Kier molecular flexibility index (Phi) is 6.82. The molecular weight excluding hydrogens is 338 g/mol. The third kappa shape index (κ3) is 5.76. The molecule has 0 unspecified atom stereocenters. The van der Waals surface area contributed by atoms with Gasteiger partial charge in [-0.25, -0.2) is 13.4 Å². The van der Waals surface area contributed by atoms with Gasteiger partial charge < -0.3 is 10.1 Å². The lowest BCUT2D eigenvalue weighted by molar-refractivity contribution is -0.120. The number of carbonyl (C=O) groups excluding carboxylic acids is 1. The summed E-state index contributed by atoms with van der Waals surface area (Å²) in [6.45, 7) is 3.47. The number of thioether (sulfide) groups is 1. The summed E-state index contributed by atoms with van der Waals surface area (Å²) in [5, 5.41) is 3.10. The summed E-state index contributed by atoms with van der Waals surface area (Å²) in [4.78, 5) is 16.2. The van der Waals surface area contributed by atoms with Crippen LogP contribution in [0.5, 0.6) is 0 Å². The third-order valence-electron chi connectivity index (χ3n) is 3.33. The maximum absolute atomic E-state index is 12.1. The summed E-state index contributed by atoms with van der Waals surface area (Å²) in [5.41, 5.74) is 0. The molecule has 1 saturated heterocycles. The van der Waals surface area contributed by atoms with Crippen molar-refractivity contribution in [3.8, 4) is 0 Å². The van der Waals surface area contributed by atoms with Crippen LogP contribution in [0.1, 0.15) is 6.92 Å². The fourth-order valence-corrected chi connectivity index (χ4v) is 4.21. The number of pyridine rings is 1. The molecule has 1 aromatic rings. The number of carbonyl (C=O) groups is 1. The number of nitrogens with zero attached hydrogens (tertiary/aromatic N) is 2. The van der Waals surface area contributed by atoms with Crippen LogP contribution in [0.25, 0.3) is 0 Å². The second-order valence-electron chi connectivity index (χ2n) is 5.05. The van der Waals surface area contributed by atoms with Gasteiger partial charge in [-0.1, -0.05) is 17.8 Å². The SMILES string of the molecule is C[C@H](Sc1ccccn1)C(=O)NCCS(=O)(=O)N1CCOCC1. The molecule has 1 N–H and O–H groups in total. The van der Waals surface area contributed by atoms with Crippen LogP contribution in [0, 0.1) is 0 Å². The molecule has 1 fully saturated rings. The molecule has 0 aliphatic carbocycles. The van der Waals surface area contributed by atoms with Crippen molar-refractivity contribution in [2.75, 3.05) is 38.6 Å². The average molecular weight is 359 g/mol. The maximum atomic E-state index is 12.1. The minimum Gasteiger partial charge on any atom is -0.379 e. The summed E-state index contributed by atoms with van der Waals surface area (Å²) in [7, 11) is -3.34. The van der Waals surface area contributed by atoms with E-state index in [4.69, 9.17) is 4.74 Å². The summed E-state index contributed by atoms with van der Waals surface area (Å²) >= 11 is 1.34. The van der Waals surface area contributed by atoms with Gasteiger partial charge in [-0.3, -0.25) is 4.79 Å². The van der Waals surface area contributed by atoms with E-state index < -0.39 is 10.0 Å². The van der Waals surface area contributed by atoms with Crippen LogP contribution in [-0.2, 0) is 19.6 Å². The predicted octanol–water partition coefficient (Wildman–Crippen LogP) is 0.340. The molecular formula is C14H21N3O4S2. The largest absolute Gasteiger partial charge is 0.379 e. The minimum absolute atomic E-state index is 0.0975. The van der Waals surface area contributed by atoms with E-state index in [1.807, 2.05) is 18.2 Å². The number of morpholine rings is 1. The first-order valence-corrected chi connectivity index (χ1v) is 9.89. The fourth-order valence-electron chi connectivity index (χ4n) is 2.05. The first kappa shape index (κ1) is 18.2. The van der Waals surface area contributed by atoms with Gasteiger partial charge in [0, 0.05) is 25.8 Å². The van der Waals surface area contributed by atoms with Crippen LogP contribution < -0.4 is 5.32 Å². The maximum Gasteiger partial charge on any atom is 0.233 e. The number of rotatable bonds is 7. The molecule has 1 aromatic heterocycles. The van der Waals surface area contributed by atoms with Crippen molar-refractivity contribution in [1.82, 2.24) is 14.6 Å². The van der Waals surface area contributed by atoms with Crippen molar-refractivity contribution in [2.24, 2.45) is 0 Å². The smallest absolute Gasteiger partial charge is 0.233 e. The zero-order valence-electron chi connectivity index (χ0n) is 13.0. The molecule has 0 radical (unpaired) electrons. The Bertz CT molecular complexity index is 604. The van der Waals surface area contributed by atoms with E-state index in [-0.39, 0.29) is 23.5 Å². The quantitative estimate of drug-likeness (QED) is 0.706. The van der Waals surface area contributed by atoms with Crippen molar-refractivity contribution < 1.29 is 17.9 Å². The molecule has 0 aromatic carbocycles. The molecule has 1 atom stereocenters. The normalized spacial score (nSPS) is 17.6. The Balaban J connectivity index is 1.75. The van der Waals surface area contributed by atoms with E-state index in [0.717, 1.165) is 5.03 Å². The highest BCUT2D eigenvalue weighted by Crippen LogP contribution is 2.20.